The van der Waals surface area contributed by atoms with Crippen molar-refractivity contribution in [1.82, 2.24) is 10.2 Å². The van der Waals surface area contributed by atoms with E-state index in [-0.39, 0.29) is 19.0 Å². The van der Waals surface area contributed by atoms with Crippen molar-refractivity contribution in [1.29, 1.82) is 0 Å². The van der Waals surface area contributed by atoms with Crippen LogP contribution in [0, 0.1) is 0 Å². The first-order chi connectivity index (χ1) is 9.42. The molecule has 0 saturated carbocycles. The van der Waals surface area contributed by atoms with Crippen molar-refractivity contribution in [2.45, 2.75) is 18.8 Å². The lowest BCUT2D eigenvalue weighted by Gasteiger charge is -2.26. The van der Waals surface area contributed by atoms with Crippen LogP contribution in [0.15, 0.2) is 24.3 Å². The summed E-state index contributed by atoms with van der Waals surface area (Å²) in [7, 11) is 1.48. The van der Waals surface area contributed by atoms with Gasteiger partial charge in [0, 0.05) is 12.1 Å². The molecule has 0 bridgehead atoms. The molecule has 1 aromatic rings. The van der Waals surface area contributed by atoms with Crippen molar-refractivity contribution in [2.75, 3.05) is 20.2 Å². The van der Waals surface area contributed by atoms with Gasteiger partial charge in [0.05, 0.1) is 20.1 Å². The van der Waals surface area contributed by atoms with Gasteiger partial charge >= 0.3 is 6.18 Å². The van der Waals surface area contributed by atoms with Crippen molar-refractivity contribution >= 4 is 5.91 Å². The minimum Gasteiger partial charge on any atom is -0.496 e. The molecule has 1 atom stereocenters. The Morgan fingerprint density at radius 1 is 1.40 bits per heavy atom. The van der Waals surface area contributed by atoms with Crippen LogP contribution in [0.4, 0.5) is 13.2 Å². The van der Waals surface area contributed by atoms with Crippen molar-refractivity contribution in [3.05, 3.63) is 29.8 Å². The van der Waals surface area contributed by atoms with Crippen molar-refractivity contribution in [3.8, 4) is 5.75 Å². The van der Waals surface area contributed by atoms with Gasteiger partial charge in [-0.2, -0.15) is 13.2 Å². The van der Waals surface area contributed by atoms with E-state index in [1.807, 2.05) is 0 Å². The molecule has 1 N–H and O–H groups in total. The van der Waals surface area contributed by atoms with Crippen LogP contribution in [-0.4, -0.2) is 37.2 Å². The van der Waals surface area contributed by atoms with E-state index in [1.54, 1.807) is 24.3 Å². The first kappa shape index (κ1) is 14.6. The molecule has 110 valence electrons. The van der Waals surface area contributed by atoms with Gasteiger partial charge in [0.2, 0.25) is 5.91 Å². The van der Waals surface area contributed by atoms with Gasteiger partial charge in [-0.25, -0.2) is 0 Å². The molecule has 1 aliphatic rings. The van der Waals surface area contributed by atoms with Crippen molar-refractivity contribution in [3.63, 3.8) is 0 Å². The maximum absolute atomic E-state index is 12.3. The number of nitrogens with one attached hydrogen (secondary N) is 1. The van der Waals surface area contributed by atoms with Gasteiger partial charge in [0.1, 0.15) is 11.9 Å². The Balaban J connectivity index is 2.19. The Hall–Kier alpha value is -1.76. The van der Waals surface area contributed by atoms with Gasteiger partial charge in [0.15, 0.2) is 0 Å². The second-order valence-electron chi connectivity index (χ2n) is 4.48. The second kappa shape index (κ2) is 5.70. The minimum absolute atomic E-state index is 0.0283. The quantitative estimate of drug-likeness (QED) is 0.922. The van der Waals surface area contributed by atoms with Crippen LogP contribution in [-0.2, 0) is 4.79 Å². The third-order valence-corrected chi connectivity index (χ3v) is 3.15. The molecule has 4 nitrogen and oxygen atoms in total. The highest BCUT2D eigenvalue weighted by Gasteiger charge is 2.36. The highest BCUT2D eigenvalue weighted by molar-refractivity contribution is 5.81. The van der Waals surface area contributed by atoms with E-state index in [9.17, 15) is 18.0 Å². The third kappa shape index (κ3) is 3.22. The lowest BCUT2D eigenvalue weighted by atomic mass is 10.1. The zero-order chi connectivity index (χ0) is 14.8. The smallest absolute Gasteiger partial charge is 0.390 e. The number of carbonyl (C=O) groups is 1. The minimum atomic E-state index is -4.28. The number of hydrogen-bond acceptors (Lipinski definition) is 3. The molecule has 1 aliphatic heterocycles. The predicted molar refractivity (Wildman–Crippen MR) is 66.1 cm³/mol. The Kier molecular flexibility index (Phi) is 4.17. The predicted octanol–water partition coefficient (Wildman–Crippen LogP) is 2.08. The Labute approximate surface area is 114 Å². The molecule has 2 rings (SSSR count). The summed E-state index contributed by atoms with van der Waals surface area (Å²) in [5.41, 5.74) is 0.656. The molecule has 0 radical (unpaired) electrons. The molecule has 1 fully saturated rings. The van der Waals surface area contributed by atoms with E-state index in [4.69, 9.17) is 4.74 Å². The number of rotatable bonds is 4. The molecule has 0 aromatic heterocycles. The molecule has 1 unspecified atom stereocenters. The molecular weight excluding hydrogens is 273 g/mol. The molecule has 1 aromatic carbocycles. The van der Waals surface area contributed by atoms with Gasteiger partial charge in [-0.3, -0.25) is 10.1 Å². The Morgan fingerprint density at radius 3 is 2.75 bits per heavy atom. The SMILES string of the molecule is COc1ccccc1C1NCC(=O)N1CCC(F)(F)F. The van der Waals surface area contributed by atoms with Gasteiger partial charge in [0.25, 0.3) is 0 Å². The fourth-order valence-corrected chi connectivity index (χ4v) is 2.21. The summed E-state index contributed by atoms with van der Waals surface area (Å²) in [6.45, 7) is -0.335. The van der Waals surface area contributed by atoms with Crippen LogP contribution in [0.5, 0.6) is 5.75 Å². The van der Waals surface area contributed by atoms with E-state index in [2.05, 4.69) is 5.32 Å². The summed E-state index contributed by atoms with van der Waals surface area (Å²) in [6, 6.07) is 6.96. The van der Waals surface area contributed by atoms with Crippen molar-refractivity contribution < 1.29 is 22.7 Å². The number of amides is 1. The number of halogens is 3. The second-order valence-corrected chi connectivity index (χ2v) is 4.48. The van der Waals surface area contributed by atoms with Gasteiger partial charge < -0.3 is 9.64 Å². The third-order valence-electron chi connectivity index (χ3n) is 3.15. The fourth-order valence-electron chi connectivity index (χ4n) is 2.21. The standard InChI is InChI=1S/C13H15F3N2O2/c1-20-10-5-3-2-4-9(10)12-17-8-11(19)18(12)7-6-13(14,15)16/h2-5,12,17H,6-8H2,1H3. The average Bonchev–Trinajstić information content (AvgIpc) is 2.76. The highest BCUT2D eigenvalue weighted by atomic mass is 19.4. The number of carbonyl (C=O) groups excluding carboxylic acids is 1. The van der Waals surface area contributed by atoms with Crippen LogP contribution >= 0.6 is 0 Å². The van der Waals surface area contributed by atoms with Crippen LogP contribution in [0.3, 0.4) is 0 Å². The van der Waals surface area contributed by atoms with Gasteiger partial charge in [-0.05, 0) is 6.07 Å². The maximum atomic E-state index is 12.3. The normalized spacial score (nSPS) is 19.5. The first-order valence-electron chi connectivity index (χ1n) is 6.15. The van der Waals surface area contributed by atoms with Gasteiger partial charge in [-0.15, -0.1) is 0 Å². The number of benzene rings is 1. The fraction of sp³-hybridized carbons (Fsp3) is 0.462. The van der Waals surface area contributed by atoms with Crippen LogP contribution in [0.1, 0.15) is 18.2 Å². The van der Waals surface area contributed by atoms with Crippen molar-refractivity contribution in [2.24, 2.45) is 0 Å². The molecule has 1 heterocycles. The molecular formula is C13H15F3N2O2. The van der Waals surface area contributed by atoms with E-state index in [1.165, 1.54) is 12.0 Å². The topological polar surface area (TPSA) is 41.6 Å². The zero-order valence-corrected chi connectivity index (χ0v) is 10.9. The van der Waals surface area contributed by atoms with E-state index in [0.29, 0.717) is 11.3 Å². The van der Waals surface area contributed by atoms with Crippen LogP contribution in [0.2, 0.25) is 0 Å². The number of para-hydroxylation sites is 1. The molecule has 7 heteroatoms. The number of methoxy groups -OCH3 is 1. The largest absolute Gasteiger partial charge is 0.496 e. The lowest BCUT2D eigenvalue weighted by Crippen LogP contribution is -2.33. The summed E-state index contributed by atoms with van der Waals surface area (Å²) in [4.78, 5) is 12.9. The summed E-state index contributed by atoms with van der Waals surface area (Å²) >= 11 is 0. The molecule has 1 amide bonds. The summed E-state index contributed by atoms with van der Waals surface area (Å²) < 4.78 is 42.2. The average molecular weight is 288 g/mol. The number of ether oxygens (including phenoxy) is 1. The summed E-state index contributed by atoms with van der Waals surface area (Å²) in [6.07, 6.45) is -5.89. The van der Waals surface area contributed by atoms with E-state index in [0.717, 1.165) is 0 Å². The van der Waals surface area contributed by atoms with E-state index < -0.39 is 18.8 Å². The number of hydrogen-bond donors (Lipinski definition) is 1. The van der Waals surface area contributed by atoms with Crippen LogP contribution in [0.25, 0.3) is 0 Å². The van der Waals surface area contributed by atoms with E-state index >= 15 is 0 Å². The Bertz CT molecular complexity index is 491. The van der Waals surface area contributed by atoms with Crippen LogP contribution < -0.4 is 10.1 Å². The summed E-state index contributed by atoms with van der Waals surface area (Å²) in [5, 5.41) is 2.91. The first-order valence-corrected chi connectivity index (χ1v) is 6.15. The Morgan fingerprint density at radius 2 is 2.10 bits per heavy atom. The maximum Gasteiger partial charge on any atom is 0.390 e. The van der Waals surface area contributed by atoms with Gasteiger partial charge in [-0.1, -0.05) is 18.2 Å². The monoisotopic (exact) mass is 288 g/mol. The molecule has 0 aliphatic carbocycles. The zero-order valence-electron chi connectivity index (χ0n) is 10.9. The molecule has 1 saturated heterocycles. The highest BCUT2D eigenvalue weighted by Crippen LogP contribution is 2.31. The summed E-state index contributed by atoms with van der Waals surface area (Å²) in [5.74, 6) is 0.196. The molecule has 20 heavy (non-hydrogen) atoms. The number of alkyl halides is 3. The lowest BCUT2D eigenvalue weighted by molar-refractivity contribution is -0.144. The molecule has 0 spiro atoms. The number of nitrogens with zero attached hydrogens (tertiary/aromatic N) is 1.